The van der Waals surface area contributed by atoms with E-state index in [4.69, 9.17) is 4.42 Å². The number of oxazole rings is 1. The summed E-state index contributed by atoms with van der Waals surface area (Å²) in [6.07, 6.45) is 1.61. The van der Waals surface area contributed by atoms with Gasteiger partial charge in [0, 0.05) is 38.5 Å². The van der Waals surface area contributed by atoms with Gasteiger partial charge in [-0.15, -0.1) is 0 Å². The Bertz CT molecular complexity index is 1080. The van der Waals surface area contributed by atoms with Crippen molar-refractivity contribution in [2.24, 2.45) is 0 Å². The fourth-order valence-electron chi connectivity index (χ4n) is 4.04. The highest BCUT2D eigenvalue weighted by atomic mass is 19.1. The Labute approximate surface area is 191 Å². The summed E-state index contributed by atoms with van der Waals surface area (Å²) in [5.74, 6) is -0.457. The van der Waals surface area contributed by atoms with Crippen molar-refractivity contribution in [2.75, 3.05) is 33.3 Å². The molecule has 0 radical (unpaired) electrons. The van der Waals surface area contributed by atoms with Crippen LogP contribution in [0.15, 0.2) is 65.3 Å². The second kappa shape index (κ2) is 10.4. The highest BCUT2D eigenvalue weighted by Gasteiger charge is 2.26. The first-order valence-electron chi connectivity index (χ1n) is 10.9. The van der Waals surface area contributed by atoms with Gasteiger partial charge >= 0.3 is 5.97 Å². The lowest BCUT2D eigenvalue weighted by molar-refractivity contribution is -0.133. The van der Waals surface area contributed by atoms with Gasteiger partial charge in [0.2, 0.25) is 11.8 Å². The number of esters is 1. The average molecular weight is 451 g/mol. The summed E-state index contributed by atoms with van der Waals surface area (Å²) in [6.45, 7) is 2.99. The third kappa shape index (κ3) is 5.64. The van der Waals surface area contributed by atoms with Gasteiger partial charge in [-0.05, 0) is 23.3 Å². The monoisotopic (exact) mass is 451 g/mol. The highest BCUT2D eigenvalue weighted by Crippen LogP contribution is 2.29. The molecule has 3 aromatic rings. The topological polar surface area (TPSA) is 75.9 Å². The van der Waals surface area contributed by atoms with Gasteiger partial charge in [0.1, 0.15) is 12.1 Å². The van der Waals surface area contributed by atoms with Crippen molar-refractivity contribution in [2.45, 2.75) is 18.9 Å². The van der Waals surface area contributed by atoms with Gasteiger partial charge in [0.05, 0.1) is 13.7 Å². The number of nitrogens with zero attached hydrogens (tertiary/aromatic N) is 3. The van der Waals surface area contributed by atoms with Crippen LogP contribution in [-0.4, -0.2) is 59.9 Å². The Morgan fingerprint density at radius 2 is 1.70 bits per heavy atom. The minimum atomic E-state index is -0.533. The number of halogens is 1. The number of aromatic nitrogens is 1. The lowest BCUT2D eigenvalue weighted by Crippen LogP contribution is -2.48. The largest absolute Gasteiger partial charge is 0.464 e. The standard InChI is InChI=1S/C25H26FN3O4/c1-32-25(31)22-17-33-23(27-22)16-28-11-13-29(14-12-28)24(30)15-21(18-5-3-2-4-6-18)19-7-9-20(26)10-8-19/h2-10,17,21H,11-16H2,1H3. The van der Waals surface area contributed by atoms with E-state index in [0.717, 1.165) is 11.1 Å². The molecule has 1 aliphatic rings. The fraction of sp³-hybridized carbons (Fsp3) is 0.320. The molecule has 2 heterocycles. The number of benzene rings is 2. The Kier molecular flexibility index (Phi) is 7.14. The van der Waals surface area contributed by atoms with E-state index in [1.165, 1.54) is 25.5 Å². The van der Waals surface area contributed by atoms with E-state index >= 15 is 0 Å². The molecule has 7 nitrogen and oxygen atoms in total. The van der Waals surface area contributed by atoms with Gasteiger partial charge in [0.15, 0.2) is 5.69 Å². The van der Waals surface area contributed by atoms with Crippen LogP contribution >= 0.6 is 0 Å². The summed E-state index contributed by atoms with van der Waals surface area (Å²) in [7, 11) is 1.30. The normalized spacial score (nSPS) is 15.3. The number of methoxy groups -OCH3 is 1. The van der Waals surface area contributed by atoms with Crippen LogP contribution < -0.4 is 0 Å². The smallest absolute Gasteiger partial charge is 0.360 e. The highest BCUT2D eigenvalue weighted by molar-refractivity contribution is 5.86. The maximum absolute atomic E-state index is 13.4. The molecule has 1 unspecified atom stereocenters. The molecule has 1 saturated heterocycles. The Morgan fingerprint density at radius 1 is 1.03 bits per heavy atom. The molecule has 0 spiro atoms. The summed E-state index contributed by atoms with van der Waals surface area (Å²) < 4.78 is 23.5. The molecule has 1 aromatic heterocycles. The van der Waals surface area contributed by atoms with Crippen LogP contribution in [0, 0.1) is 5.82 Å². The number of piperazine rings is 1. The Balaban J connectivity index is 1.36. The predicted molar refractivity (Wildman–Crippen MR) is 119 cm³/mol. The van der Waals surface area contributed by atoms with Crippen molar-refractivity contribution in [3.8, 4) is 0 Å². The van der Waals surface area contributed by atoms with Crippen molar-refractivity contribution in [3.05, 3.63) is 89.4 Å². The van der Waals surface area contributed by atoms with Crippen LogP contribution in [0.4, 0.5) is 4.39 Å². The minimum absolute atomic E-state index is 0.0666. The number of carbonyl (C=O) groups is 2. The molecule has 1 atom stereocenters. The summed E-state index contributed by atoms with van der Waals surface area (Å²) in [5.41, 5.74) is 2.09. The van der Waals surface area contributed by atoms with Crippen LogP contribution in [0.5, 0.6) is 0 Å². The van der Waals surface area contributed by atoms with E-state index in [1.807, 2.05) is 35.2 Å². The number of amides is 1. The van der Waals surface area contributed by atoms with Crippen molar-refractivity contribution < 1.29 is 23.1 Å². The molecule has 0 aliphatic carbocycles. The molecule has 1 fully saturated rings. The zero-order valence-electron chi connectivity index (χ0n) is 18.4. The molecule has 8 heteroatoms. The van der Waals surface area contributed by atoms with Crippen molar-refractivity contribution in [1.29, 1.82) is 0 Å². The summed E-state index contributed by atoms with van der Waals surface area (Å²) in [6, 6.07) is 16.2. The van der Waals surface area contributed by atoms with Crippen molar-refractivity contribution in [1.82, 2.24) is 14.8 Å². The third-order valence-corrected chi connectivity index (χ3v) is 5.88. The molecule has 0 saturated carbocycles. The molecule has 0 bridgehead atoms. The van der Waals surface area contributed by atoms with Gasteiger partial charge in [-0.25, -0.2) is 14.2 Å². The minimum Gasteiger partial charge on any atom is -0.464 e. The summed E-state index contributed by atoms with van der Waals surface area (Å²) >= 11 is 0. The first-order chi connectivity index (χ1) is 16.0. The van der Waals surface area contributed by atoms with Crippen molar-refractivity contribution >= 4 is 11.9 Å². The lowest BCUT2D eigenvalue weighted by Gasteiger charge is -2.35. The maximum atomic E-state index is 13.4. The molecule has 33 heavy (non-hydrogen) atoms. The fourth-order valence-corrected chi connectivity index (χ4v) is 4.04. The molecule has 0 N–H and O–H groups in total. The Morgan fingerprint density at radius 3 is 2.36 bits per heavy atom. The molecular formula is C25H26FN3O4. The van der Waals surface area contributed by atoms with E-state index in [1.54, 1.807) is 12.1 Å². The number of ether oxygens (including phenoxy) is 1. The molecule has 172 valence electrons. The van der Waals surface area contributed by atoms with Crippen LogP contribution in [0.1, 0.15) is 39.8 Å². The number of hydrogen-bond acceptors (Lipinski definition) is 6. The quantitative estimate of drug-likeness (QED) is 0.512. The van der Waals surface area contributed by atoms with Crippen LogP contribution in [0.25, 0.3) is 0 Å². The molecule has 2 aromatic carbocycles. The first-order valence-corrected chi connectivity index (χ1v) is 10.9. The summed E-state index contributed by atoms with van der Waals surface area (Å²) in [5, 5.41) is 0. The van der Waals surface area contributed by atoms with E-state index in [2.05, 4.69) is 14.6 Å². The second-order valence-corrected chi connectivity index (χ2v) is 7.99. The average Bonchev–Trinajstić information content (AvgIpc) is 3.32. The second-order valence-electron chi connectivity index (χ2n) is 7.99. The molecule has 1 aliphatic heterocycles. The van der Waals surface area contributed by atoms with Gasteiger partial charge in [0.25, 0.3) is 0 Å². The maximum Gasteiger partial charge on any atom is 0.360 e. The lowest BCUT2D eigenvalue weighted by atomic mass is 9.88. The zero-order chi connectivity index (χ0) is 23.2. The molecule has 1 amide bonds. The first kappa shape index (κ1) is 22.7. The number of rotatable bonds is 7. The number of hydrogen-bond donors (Lipinski definition) is 0. The van der Waals surface area contributed by atoms with Gasteiger partial charge in [-0.3, -0.25) is 9.69 Å². The van der Waals surface area contributed by atoms with Crippen LogP contribution in [0.3, 0.4) is 0 Å². The van der Waals surface area contributed by atoms with E-state index in [0.29, 0.717) is 45.0 Å². The van der Waals surface area contributed by atoms with Gasteiger partial charge in [-0.2, -0.15) is 0 Å². The SMILES string of the molecule is COC(=O)c1coc(CN2CCN(C(=O)CC(c3ccccc3)c3ccc(F)cc3)CC2)n1. The van der Waals surface area contributed by atoms with E-state index in [-0.39, 0.29) is 23.3 Å². The molecular weight excluding hydrogens is 425 g/mol. The van der Waals surface area contributed by atoms with Gasteiger partial charge < -0.3 is 14.1 Å². The van der Waals surface area contributed by atoms with E-state index in [9.17, 15) is 14.0 Å². The molecule has 4 rings (SSSR count). The van der Waals surface area contributed by atoms with Gasteiger partial charge in [-0.1, -0.05) is 42.5 Å². The van der Waals surface area contributed by atoms with Crippen LogP contribution in [-0.2, 0) is 16.1 Å². The zero-order valence-corrected chi connectivity index (χ0v) is 18.4. The summed E-state index contributed by atoms with van der Waals surface area (Å²) in [4.78, 5) is 32.8. The predicted octanol–water partition coefficient (Wildman–Crippen LogP) is 3.47. The Hall–Kier alpha value is -3.52. The van der Waals surface area contributed by atoms with Crippen molar-refractivity contribution in [3.63, 3.8) is 0 Å². The van der Waals surface area contributed by atoms with E-state index < -0.39 is 5.97 Å². The third-order valence-electron chi connectivity index (χ3n) is 5.88. The van der Waals surface area contributed by atoms with Crippen LogP contribution in [0.2, 0.25) is 0 Å². The number of carbonyl (C=O) groups excluding carboxylic acids is 2.